The Morgan fingerprint density at radius 2 is 1.68 bits per heavy atom. The second-order valence-corrected chi connectivity index (χ2v) is 14.7. The van der Waals surface area contributed by atoms with Crippen molar-refractivity contribution in [2.75, 3.05) is 50.1 Å². The number of carbonyl (C=O) groups is 5. The quantitative estimate of drug-likeness (QED) is 0.241. The number of benzene rings is 2. The summed E-state index contributed by atoms with van der Waals surface area (Å²) in [4.78, 5) is 72.5. The summed E-state index contributed by atoms with van der Waals surface area (Å²) >= 11 is 0. The highest BCUT2D eigenvalue weighted by Crippen LogP contribution is 2.35. The van der Waals surface area contributed by atoms with Crippen molar-refractivity contribution in [2.24, 2.45) is 5.92 Å². The van der Waals surface area contributed by atoms with Gasteiger partial charge in [-0.25, -0.2) is 4.98 Å². The number of pyridine rings is 1. The van der Waals surface area contributed by atoms with Gasteiger partial charge >= 0.3 is 6.18 Å². The summed E-state index contributed by atoms with van der Waals surface area (Å²) in [7, 11) is 1.44. The molecule has 4 aromatic rings. The predicted octanol–water partition coefficient (Wildman–Crippen LogP) is 4.67. The van der Waals surface area contributed by atoms with E-state index in [1.165, 1.54) is 13.2 Å². The Balaban J connectivity index is 0.842. The zero-order valence-corrected chi connectivity index (χ0v) is 30.5. The molecule has 4 aliphatic rings. The fourth-order valence-corrected chi connectivity index (χ4v) is 8.19. The van der Waals surface area contributed by atoms with E-state index in [0.29, 0.717) is 22.9 Å². The monoisotopic (exact) mass is 772 g/mol. The standard InChI is InChI=1S/C39H39F3N8O6/c1-56-32-19-29-23(17-30(32)44-35(52)28-3-2-4-33(43-28)39(40,41)42)21-49(46-29)24-11-13-47(14-12-24)20-22-9-15-48(16-10-22)25-5-6-26-27(18-25)38(55)50(37(26)54)31-7-8-34(51)45-36(31)53/h2-6,17-19,21-22,24,31H,7-16,20H2,1H3,(H,44,52)(H,45,51,53). The normalized spacial score (nSPS) is 20.1. The zero-order chi connectivity index (χ0) is 39.3. The highest BCUT2D eigenvalue weighted by atomic mass is 19.4. The van der Waals surface area contributed by atoms with Gasteiger partial charge in [0.1, 0.15) is 23.2 Å². The minimum absolute atomic E-state index is 0.0729. The van der Waals surface area contributed by atoms with Crippen LogP contribution in [0.4, 0.5) is 24.5 Å². The van der Waals surface area contributed by atoms with Crippen molar-refractivity contribution in [3.05, 3.63) is 77.2 Å². The molecule has 0 bridgehead atoms. The van der Waals surface area contributed by atoms with Gasteiger partial charge in [0.2, 0.25) is 11.8 Å². The number of hydrogen-bond donors (Lipinski definition) is 2. The average Bonchev–Trinajstić information content (AvgIpc) is 3.71. The highest BCUT2D eigenvalue weighted by molar-refractivity contribution is 6.23. The lowest BCUT2D eigenvalue weighted by Crippen LogP contribution is -2.54. The Morgan fingerprint density at radius 3 is 2.39 bits per heavy atom. The molecule has 5 amide bonds. The van der Waals surface area contributed by atoms with Crippen LogP contribution < -0.4 is 20.3 Å². The molecule has 1 unspecified atom stereocenters. The van der Waals surface area contributed by atoms with Crippen molar-refractivity contribution in [1.29, 1.82) is 0 Å². The Hall–Kier alpha value is -5.84. The lowest BCUT2D eigenvalue weighted by atomic mass is 9.94. The summed E-state index contributed by atoms with van der Waals surface area (Å²) in [5.74, 6) is -2.03. The molecule has 0 saturated carbocycles. The van der Waals surface area contributed by atoms with E-state index >= 15 is 0 Å². The first-order valence-electron chi connectivity index (χ1n) is 18.6. The summed E-state index contributed by atoms with van der Waals surface area (Å²) in [5, 5.41) is 10.4. The molecule has 14 nitrogen and oxygen atoms in total. The molecule has 17 heteroatoms. The molecule has 2 N–H and O–H groups in total. The second-order valence-electron chi connectivity index (χ2n) is 14.7. The van der Waals surface area contributed by atoms with E-state index in [1.807, 2.05) is 16.9 Å². The van der Waals surface area contributed by atoms with Gasteiger partial charge in [-0.05, 0) is 74.4 Å². The maximum atomic E-state index is 13.3. The van der Waals surface area contributed by atoms with Crippen LogP contribution in [0.15, 0.2) is 54.7 Å². The third kappa shape index (κ3) is 7.18. The van der Waals surface area contributed by atoms with E-state index in [-0.39, 0.29) is 35.7 Å². The van der Waals surface area contributed by atoms with E-state index < -0.39 is 47.4 Å². The van der Waals surface area contributed by atoms with Gasteiger partial charge in [-0.2, -0.15) is 18.3 Å². The van der Waals surface area contributed by atoms with Crippen LogP contribution >= 0.6 is 0 Å². The molecule has 0 spiro atoms. The van der Waals surface area contributed by atoms with Crippen molar-refractivity contribution >= 4 is 51.8 Å². The van der Waals surface area contributed by atoms with Gasteiger partial charge in [-0.3, -0.25) is 38.9 Å². The number of nitrogens with zero attached hydrogens (tertiary/aromatic N) is 6. The molecule has 0 radical (unpaired) electrons. The maximum Gasteiger partial charge on any atom is 0.433 e. The number of halogens is 3. The number of rotatable bonds is 8. The molecule has 56 heavy (non-hydrogen) atoms. The van der Waals surface area contributed by atoms with Gasteiger partial charge in [0.25, 0.3) is 17.7 Å². The molecule has 6 heterocycles. The van der Waals surface area contributed by atoms with E-state index in [0.717, 1.165) is 86.5 Å². The number of likely N-dealkylation sites (tertiary alicyclic amines) is 1. The Bertz CT molecular complexity index is 2240. The van der Waals surface area contributed by atoms with Crippen LogP contribution in [0.25, 0.3) is 10.9 Å². The van der Waals surface area contributed by atoms with Crippen LogP contribution in [0, 0.1) is 5.92 Å². The summed E-state index contributed by atoms with van der Waals surface area (Å²) in [6, 6.07) is 11.0. The second kappa shape index (κ2) is 14.7. The third-order valence-electron chi connectivity index (χ3n) is 11.2. The number of anilines is 2. The van der Waals surface area contributed by atoms with Gasteiger partial charge in [-0.15, -0.1) is 0 Å². The molecule has 2 aromatic carbocycles. The number of aromatic nitrogens is 3. The Morgan fingerprint density at radius 1 is 0.929 bits per heavy atom. The smallest absolute Gasteiger partial charge is 0.433 e. The molecule has 2 aromatic heterocycles. The number of fused-ring (bicyclic) bond motifs is 2. The minimum atomic E-state index is -4.68. The van der Waals surface area contributed by atoms with E-state index in [2.05, 4.69) is 25.4 Å². The first-order chi connectivity index (χ1) is 26.9. The number of nitrogens with one attached hydrogen (secondary N) is 2. The van der Waals surface area contributed by atoms with Crippen molar-refractivity contribution in [1.82, 2.24) is 29.9 Å². The van der Waals surface area contributed by atoms with E-state index in [1.54, 1.807) is 24.3 Å². The van der Waals surface area contributed by atoms with E-state index in [4.69, 9.17) is 9.84 Å². The van der Waals surface area contributed by atoms with Crippen LogP contribution in [0.2, 0.25) is 0 Å². The van der Waals surface area contributed by atoms with Gasteiger partial charge < -0.3 is 19.9 Å². The van der Waals surface area contributed by atoms with E-state index in [9.17, 15) is 37.1 Å². The van der Waals surface area contributed by atoms with Crippen LogP contribution in [-0.4, -0.2) is 100.0 Å². The first kappa shape index (κ1) is 37.1. The van der Waals surface area contributed by atoms with Crippen LogP contribution in [0.3, 0.4) is 0 Å². The summed E-state index contributed by atoms with van der Waals surface area (Å²) < 4.78 is 46.9. The van der Waals surface area contributed by atoms with Crippen molar-refractivity contribution in [3.8, 4) is 5.75 Å². The first-order valence-corrected chi connectivity index (χ1v) is 18.6. The number of amides is 5. The maximum absolute atomic E-state index is 13.3. The average molecular weight is 773 g/mol. The number of piperidine rings is 3. The number of ether oxygens (including phenoxy) is 1. The molecule has 292 valence electrons. The number of carbonyl (C=O) groups excluding carboxylic acids is 5. The molecule has 3 fully saturated rings. The van der Waals surface area contributed by atoms with Crippen LogP contribution in [0.1, 0.15) is 81.5 Å². The number of imide groups is 2. The third-order valence-corrected chi connectivity index (χ3v) is 11.2. The lowest BCUT2D eigenvalue weighted by molar-refractivity contribution is -0.141. The van der Waals surface area contributed by atoms with Crippen molar-refractivity contribution < 1.29 is 41.9 Å². The molecule has 0 aliphatic carbocycles. The molecule has 1 atom stereocenters. The zero-order valence-electron chi connectivity index (χ0n) is 30.5. The molecule has 8 rings (SSSR count). The summed E-state index contributed by atoms with van der Waals surface area (Å²) in [5.41, 5.74) is 0.851. The Labute approximate surface area is 318 Å². The molecular weight excluding hydrogens is 733 g/mol. The fraction of sp³-hybridized carbons (Fsp3) is 0.410. The number of alkyl halides is 3. The molecular formula is C39H39F3N8O6. The van der Waals surface area contributed by atoms with Gasteiger partial charge in [0, 0.05) is 62.5 Å². The van der Waals surface area contributed by atoms with Gasteiger partial charge in [0.05, 0.1) is 35.5 Å². The molecule has 3 saturated heterocycles. The summed E-state index contributed by atoms with van der Waals surface area (Å²) in [6.07, 6.45) is 1.16. The van der Waals surface area contributed by atoms with Crippen molar-refractivity contribution in [3.63, 3.8) is 0 Å². The molecule has 4 aliphatic heterocycles. The predicted molar refractivity (Wildman–Crippen MR) is 196 cm³/mol. The van der Waals surface area contributed by atoms with Gasteiger partial charge in [-0.1, -0.05) is 6.07 Å². The Kier molecular flexibility index (Phi) is 9.72. The van der Waals surface area contributed by atoms with Crippen LogP contribution in [-0.2, 0) is 15.8 Å². The SMILES string of the molecule is COc1cc2nn(C3CCN(CC4CCN(c5ccc6c(c5)C(=O)N(C5CCC(=O)NC5=O)C6=O)CC4)CC3)cc2cc1NC(=O)c1cccc(C(F)(F)F)n1. The topological polar surface area (TPSA) is 159 Å². The van der Waals surface area contributed by atoms with Crippen molar-refractivity contribution in [2.45, 2.75) is 56.8 Å². The van der Waals surface area contributed by atoms with Crippen LogP contribution in [0.5, 0.6) is 5.75 Å². The minimum Gasteiger partial charge on any atom is -0.494 e. The number of methoxy groups -OCH3 is 1. The highest BCUT2D eigenvalue weighted by Gasteiger charge is 2.45. The summed E-state index contributed by atoms with van der Waals surface area (Å²) in [6.45, 7) is 4.39. The fourth-order valence-electron chi connectivity index (χ4n) is 8.19. The van der Waals surface area contributed by atoms with Gasteiger partial charge in [0.15, 0.2) is 0 Å². The number of hydrogen-bond acceptors (Lipinski definition) is 10. The lowest BCUT2D eigenvalue weighted by Gasteiger charge is -2.38. The largest absolute Gasteiger partial charge is 0.494 e.